The molecule has 0 saturated carbocycles. The second kappa shape index (κ2) is 2.23. The molecule has 1 unspecified atom stereocenters. The van der Waals surface area contributed by atoms with Crippen molar-refractivity contribution in [3.8, 4) is 0 Å². The fourth-order valence-corrected chi connectivity index (χ4v) is 1.07. The van der Waals surface area contributed by atoms with Gasteiger partial charge in [-0.25, -0.2) is 0 Å². The number of quaternary nitrogens is 1. The van der Waals surface area contributed by atoms with Gasteiger partial charge in [-0.2, -0.15) is 0 Å². The molecule has 0 aliphatic carbocycles. The summed E-state index contributed by atoms with van der Waals surface area (Å²) in [7, 11) is 6.27. The second-order valence-electron chi connectivity index (χ2n) is 3.79. The average molecular weight is 144 g/mol. The molecule has 1 atom stereocenters. The monoisotopic (exact) mass is 144 g/mol. The van der Waals surface area contributed by atoms with Gasteiger partial charge >= 0.3 is 5.97 Å². The number of carbonyl (C=O) groups excluding carboxylic acids is 1. The van der Waals surface area contributed by atoms with Crippen molar-refractivity contribution in [2.24, 2.45) is 0 Å². The van der Waals surface area contributed by atoms with E-state index in [1.807, 2.05) is 0 Å². The molecule has 1 heterocycles. The number of carbonyl (C=O) groups is 1. The van der Waals surface area contributed by atoms with E-state index < -0.39 is 0 Å². The number of rotatable bonds is 2. The molecule has 1 aliphatic heterocycles. The summed E-state index contributed by atoms with van der Waals surface area (Å²) in [5.74, 6) is -0.0570. The number of nitrogens with zero attached hydrogens (tertiary/aromatic N) is 1. The molecule has 0 aromatic heterocycles. The number of likely N-dealkylation sites (N-methyl/N-ethyl adjacent to an activating group) is 1. The summed E-state index contributed by atoms with van der Waals surface area (Å²) < 4.78 is 5.72. The number of cyclic esters (lactones) is 1. The Bertz CT molecular complexity index is 140. The van der Waals surface area contributed by atoms with Crippen LogP contribution in [0.2, 0.25) is 0 Å². The molecule has 1 rings (SSSR count). The van der Waals surface area contributed by atoms with Crippen LogP contribution in [0.15, 0.2) is 0 Å². The highest BCUT2D eigenvalue weighted by Crippen LogP contribution is 2.14. The maximum absolute atomic E-state index is 10.4. The number of hydrogen-bond acceptors (Lipinski definition) is 2. The highest BCUT2D eigenvalue weighted by molar-refractivity contribution is 5.75. The van der Waals surface area contributed by atoms with Gasteiger partial charge < -0.3 is 9.22 Å². The van der Waals surface area contributed by atoms with Crippen LogP contribution in [0.25, 0.3) is 0 Å². The molecule has 1 saturated heterocycles. The van der Waals surface area contributed by atoms with E-state index in [9.17, 15) is 4.79 Å². The molecule has 1 fully saturated rings. The summed E-state index contributed by atoms with van der Waals surface area (Å²) in [5, 5.41) is 0. The molecule has 0 N–H and O–H groups in total. The smallest absolute Gasteiger partial charge is 0.310 e. The summed E-state index contributed by atoms with van der Waals surface area (Å²) in [4.78, 5) is 10.4. The van der Waals surface area contributed by atoms with Crippen LogP contribution in [0.1, 0.15) is 6.42 Å². The lowest BCUT2D eigenvalue weighted by atomic mass is 10.1. The minimum atomic E-state index is -0.0570. The normalized spacial score (nSPS) is 25.5. The van der Waals surface area contributed by atoms with Crippen LogP contribution in [0.3, 0.4) is 0 Å². The number of esters is 1. The molecule has 3 nitrogen and oxygen atoms in total. The molecular formula is C7H14NO2+. The van der Waals surface area contributed by atoms with Gasteiger partial charge in [0.15, 0.2) is 6.10 Å². The SMILES string of the molecule is C[N+](C)(C)CC1CC(=O)O1. The van der Waals surface area contributed by atoms with Gasteiger partial charge in [0.1, 0.15) is 6.54 Å². The topological polar surface area (TPSA) is 26.3 Å². The van der Waals surface area contributed by atoms with E-state index in [0.29, 0.717) is 6.42 Å². The Morgan fingerprint density at radius 1 is 1.60 bits per heavy atom. The fraction of sp³-hybridized carbons (Fsp3) is 0.857. The van der Waals surface area contributed by atoms with Crippen LogP contribution in [-0.2, 0) is 9.53 Å². The zero-order valence-corrected chi connectivity index (χ0v) is 6.76. The van der Waals surface area contributed by atoms with Crippen molar-refractivity contribution in [2.45, 2.75) is 12.5 Å². The van der Waals surface area contributed by atoms with E-state index in [1.54, 1.807) is 0 Å². The van der Waals surface area contributed by atoms with Crippen molar-refractivity contribution in [3.63, 3.8) is 0 Å². The molecule has 0 amide bonds. The standard InChI is InChI=1S/C7H14NO2/c1-8(2,3)5-6-4-7(9)10-6/h6H,4-5H2,1-3H3/q+1. The van der Waals surface area contributed by atoms with E-state index in [2.05, 4.69) is 21.1 Å². The maximum Gasteiger partial charge on any atom is 0.310 e. The van der Waals surface area contributed by atoms with E-state index in [1.165, 1.54) is 0 Å². The first-order chi connectivity index (χ1) is 4.47. The first kappa shape index (κ1) is 7.54. The number of hydrogen-bond donors (Lipinski definition) is 0. The molecule has 0 radical (unpaired) electrons. The highest BCUT2D eigenvalue weighted by Gasteiger charge is 2.32. The van der Waals surface area contributed by atoms with Crippen LogP contribution in [0.4, 0.5) is 0 Å². The Morgan fingerprint density at radius 3 is 2.40 bits per heavy atom. The van der Waals surface area contributed by atoms with E-state index in [0.717, 1.165) is 11.0 Å². The average Bonchev–Trinajstić information content (AvgIpc) is 1.57. The maximum atomic E-state index is 10.4. The van der Waals surface area contributed by atoms with Gasteiger partial charge in [0.25, 0.3) is 0 Å². The van der Waals surface area contributed by atoms with Crippen molar-refractivity contribution < 1.29 is 14.0 Å². The highest BCUT2D eigenvalue weighted by atomic mass is 16.6. The van der Waals surface area contributed by atoms with Crippen molar-refractivity contribution in [2.75, 3.05) is 27.7 Å². The summed E-state index contributed by atoms with van der Waals surface area (Å²) in [6.07, 6.45) is 0.780. The molecule has 1 aliphatic rings. The van der Waals surface area contributed by atoms with E-state index in [-0.39, 0.29) is 12.1 Å². The van der Waals surface area contributed by atoms with E-state index in [4.69, 9.17) is 4.74 Å². The lowest BCUT2D eigenvalue weighted by Gasteiger charge is -2.32. The number of ether oxygens (including phenoxy) is 1. The molecule has 0 bridgehead atoms. The molecule has 10 heavy (non-hydrogen) atoms. The fourth-order valence-electron chi connectivity index (χ4n) is 1.07. The van der Waals surface area contributed by atoms with Crippen molar-refractivity contribution in [1.82, 2.24) is 0 Å². The van der Waals surface area contributed by atoms with Crippen LogP contribution < -0.4 is 0 Å². The molecule has 0 spiro atoms. The second-order valence-corrected chi connectivity index (χ2v) is 3.79. The Morgan fingerprint density at radius 2 is 2.10 bits per heavy atom. The Kier molecular flexibility index (Phi) is 1.68. The third-order valence-corrected chi connectivity index (χ3v) is 1.44. The largest absolute Gasteiger partial charge is 0.456 e. The Balaban J connectivity index is 2.22. The zero-order valence-electron chi connectivity index (χ0n) is 6.76. The van der Waals surface area contributed by atoms with Gasteiger partial charge in [-0.3, -0.25) is 4.79 Å². The van der Waals surface area contributed by atoms with Gasteiger partial charge in [0, 0.05) is 0 Å². The van der Waals surface area contributed by atoms with Gasteiger partial charge in [-0.05, 0) is 0 Å². The van der Waals surface area contributed by atoms with Gasteiger partial charge in [-0.15, -0.1) is 0 Å². The zero-order chi connectivity index (χ0) is 7.78. The van der Waals surface area contributed by atoms with Crippen LogP contribution in [0.5, 0.6) is 0 Å². The Labute approximate surface area is 61.2 Å². The van der Waals surface area contributed by atoms with Crippen molar-refractivity contribution in [1.29, 1.82) is 0 Å². The third kappa shape index (κ3) is 1.99. The minimum Gasteiger partial charge on any atom is -0.456 e. The first-order valence-electron chi connectivity index (χ1n) is 3.47. The predicted octanol–water partition coefficient (Wildman–Crippen LogP) is 0.00810. The molecule has 58 valence electrons. The summed E-state index contributed by atoms with van der Waals surface area (Å²) >= 11 is 0. The molecule has 0 aromatic carbocycles. The van der Waals surface area contributed by atoms with Gasteiger partial charge in [0.05, 0.1) is 27.6 Å². The summed E-state index contributed by atoms with van der Waals surface area (Å²) in [5.41, 5.74) is 0. The summed E-state index contributed by atoms with van der Waals surface area (Å²) in [6.45, 7) is 0.922. The van der Waals surface area contributed by atoms with Gasteiger partial charge in [0.2, 0.25) is 0 Å². The van der Waals surface area contributed by atoms with E-state index >= 15 is 0 Å². The Hall–Kier alpha value is -0.570. The van der Waals surface area contributed by atoms with Gasteiger partial charge in [-0.1, -0.05) is 0 Å². The van der Waals surface area contributed by atoms with Crippen LogP contribution in [-0.4, -0.2) is 44.2 Å². The minimum absolute atomic E-state index is 0.0570. The lowest BCUT2D eigenvalue weighted by molar-refractivity contribution is -0.874. The van der Waals surface area contributed by atoms with Crippen LogP contribution >= 0.6 is 0 Å². The molecular weight excluding hydrogens is 130 g/mol. The van der Waals surface area contributed by atoms with Crippen molar-refractivity contribution in [3.05, 3.63) is 0 Å². The summed E-state index contributed by atoms with van der Waals surface area (Å²) in [6, 6.07) is 0. The lowest BCUT2D eigenvalue weighted by Crippen LogP contribution is -2.48. The molecule has 3 heteroatoms. The molecule has 0 aromatic rings. The predicted molar refractivity (Wildman–Crippen MR) is 37.4 cm³/mol. The quantitative estimate of drug-likeness (QED) is 0.403. The first-order valence-corrected chi connectivity index (χ1v) is 3.47. The van der Waals surface area contributed by atoms with Crippen LogP contribution in [0, 0.1) is 0 Å². The third-order valence-electron chi connectivity index (χ3n) is 1.44. The van der Waals surface area contributed by atoms with Crippen molar-refractivity contribution >= 4 is 5.97 Å².